The van der Waals surface area contributed by atoms with E-state index in [0.29, 0.717) is 0 Å². The molecule has 16 heavy (non-hydrogen) atoms. The maximum absolute atomic E-state index is 10.9. The first-order chi connectivity index (χ1) is 7.06. The molecule has 0 bridgehead atoms. The molecule has 6 nitrogen and oxygen atoms in total. The van der Waals surface area contributed by atoms with Crippen LogP contribution in [-0.4, -0.2) is 36.0 Å². The molecule has 0 saturated carbocycles. The molecule has 0 fully saturated rings. The fourth-order valence-electron chi connectivity index (χ4n) is 0.706. The lowest BCUT2D eigenvalue weighted by Crippen LogP contribution is -2.15. The van der Waals surface area contributed by atoms with Crippen LogP contribution in [0.4, 0.5) is 0 Å². The molecule has 0 amide bonds. The summed E-state index contributed by atoms with van der Waals surface area (Å²) in [6, 6.07) is 0. The van der Waals surface area contributed by atoms with Crippen molar-refractivity contribution in [3.05, 3.63) is 12.2 Å². The molecule has 0 radical (unpaired) electrons. The molecule has 0 aromatic rings. The number of hydrogen-bond donors (Lipinski definition) is 2. The van der Waals surface area contributed by atoms with Gasteiger partial charge in [0.2, 0.25) is 0 Å². The average molecular weight is 252 g/mol. The van der Waals surface area contributed by atoms with Crippen LogP contribution in [0.25, 0.3) is 0 Å². The van der Waals surface area contributed by atoms with Crippen molar-refractivity contribution in [3.63, 3.8) is 0 Å². The van der Waals surface area contributed by atoms with Crippen LogP contribution in [0.5, 0.6) is 0 Å². The number of rotatable bonds is 7. The van der Waals surface area contributed by atoms with Gasteiger partial charge >= 0.3 is 11.9 Å². The Balaban J connectivity index is 0. The smallest absolute Gasteiger partial charge is 0.328 e. The third-order valence-corrected chi connectivity index (χ3v) is 1.44. The number of ketones is 1. The summed E-state index contributed by atoms with van der Waals surface area (Å²) in [5.74, 6) is -1.87. The number of halogens is 1. The Morgan fingerprint density at radius 3 is 2.38 bits per heavy atom. The molecule has 0 atom stereocenters. The Bertz CT molecular complexity index is 277. The maximum atomic E-state index is 10.9. The standard InChI is InChI=1S/C9H13NO5.ClH/c10-6-7(11)3-4-9(14)15-5-1-2-8(12)13;/h1-2H,3-6,10H2,(H,12,13);1H. The van der Waals surface area contributed by atoms with E-state index in [2.05, 4.69) is 4.74 Å². The van der Waals surface area contributed by atoms with Crippen LogP contribution in [0.15, 0.2) is 12.2 Å². The zero-order valence-electron chi connectivity index (χ0n) is 8.55. The summed E-state index contributed by atoms with van der Waals surface area (Å²) in [7, 11) is 0. The van der Waals surface area contributed by atoms with Gasteiger partial charge < -0.3 is 15.6 Å². The van der Waals surface area contributed by atoms with Gasteiger partial charge in [-0.3, -0.25) is 9.59 Å². The van der Waals surface area contributed by atoms with Crippen LogP contribution in [-0.2, 0) is 19.1 Å². The summed E-state index contributed by atoms with van der Waals surface area (Å²) in [5, 5.41) is 8.20. The van der Waals surface area contributed by atoms with Crippen LogP contribution in [0, 0.1) is 0 Å². The summed E-state index contributed by atoms with van der Waals surface area (Å²) >= 11 is 0. The van der Waals surface area contributed by atoms with Crippen molar-refractivity contribution < 1.29 is 24.2 Å². The Morgan fingerprint density at radius 1 is 1.25 bits per heavy atom. The first-order valence-corrected chi connectivity index (χ1v) is 4.33. The number of esters is 1. The van der Waals surface area contributed by atoms with E-state index < -0.39 is 11.9 Å². The van der Waals surface area contributed by atoms with E-state index in [1.54, 1.807) is 0 Å². The zero-order chi connectivity index (χ0) is 11.7. The van der Waals surface area contributed by atoms with Crippen LogP contribution >= 0.6 is 12.4 Å². The fraction of sp³-hybridized carbons (Fsp3) is 0.444. The minimum absolute atomic E-state index is 0. The lowest BCUT2D eigenvalue weighted by molar-refractivity contribution is -0.143. The number of carbonyl (C=O) groups excluding carboxylic acids is 2. The molecule has 0 aromatic heterocycles. The van der Waals surface area contributed by atoms with Gasteiger partial charge in [0, 0.05) is 12.5 Å². The number of hydrogen-bond acceptors (Lipinski definition) is 5. The van der Waals surface area contributed by atoms with Gasteiger partial charge in [-0.25, -0.2) is 4.79 Å². The quantitative estimate of drug-likeness (QED) is 0.483. The molecule has 0 aliphatic rings. The minimum atomic E-state index is -1.11. The zero-order valence-corrected chi connectivity index (χ0v) is 9.37. The Labute approximate surface area is 98.9 Å². The van der Waals surface area contributed by atoms with Gasteiger partial charge in [0.15, 0.2) is 0 Å². The summed E-state index contributed by atoms with van der Waals surface area (Å²) < 4.78 is 4.61. The highest BCUT2D eigenvalue weighted by molar-refractivity contribution is 5.85. The number of carboxylic acid groups (broad SMARTS) is 1. The van der Waals surface area contributed by atoms with Crippen molar-refractivity contribution in [2.24, 2.45) is 5.73 Å². The van der Waals surface area contributed by atoms with Crippen molar-refractivity contribution in [2.45, 2.75) is 12.8 Å². The van der Waals surface area contributed by atoms with Gasteiger partial charge in [0.05, 0.1) is 13.0 Å². The second kappa shape index (κ2) is 10.1. The fourth-order valence-corrected chi connectivity index (χ4v) is 0.706. The van der Waals surface area contributed by atoms with E-state index in [1.165, 1.54) is 6.08 Å². The Morgan fingerprint density at radius 2 is 1.88 bits per heavy atom. The SMILES string of the molecule is Cl.NCC(=O)CCC(=O)OCC=CC(=O)O. The van der Waals surface area contributed by atoms with Gasteiger partial charge in [0.1, 0.15) is 12.4 Å². The summed E-state index contributed by atoms with van der Waals surface area (Å²) in [5.41, 5.74) is 5.04. The van der Waals surface area contributed by atoms with Gasteiger partial charge in [-0.1, -0.05) is 0 Å². The molecule has 0 unspecified atom stereocenters. The summed E-state index contributed by atoms with van der Waals surface area (Å²) in [6.07, 6.45) is 2.10. The molecule has 0 aromatic carbocycles. The second-order valence-corrected chi connectivity index (χ2v) is 2.67. The third-order valence-electron chi connectivity index (χ3n) is 1.44. The lowest BCUT2D eigenvalue weighted by Gasteiger charge is -2.00. The molecule has 7 heteroatoms. The van der Waals surface area contributed by atoms with Crippen LogP contribution in [0.2, 0.25) is 0 Å². The predicted octanol–water partition coefficient (Wildman–Crippen LogP) is -0.0998. The van der Waals surface area contributed by atoms with Crippen LogP contribution in [0.1, 0.15) is 12.8 Å². The van der Waals surface area contributed by atoms with Gasteiger partial charge in [-0.2, -0.15) is 0 Å². The van der Waals surface area contributed by atoms with E-state index in [9.17, 15) is 14.4 Å². The first kappa shape index (κ1) is 17.0. The van der Waals surface area contributed by atoms with E-state index in [0.717, 1.165) is 6.08 Å². The maximum Gasteiger partial charge on any atom is 0.328 e. The predicted molar refractivity (Wildman–Crippen MR) is 58.3 cm³/mol. The number of carboxylic acids is 1. The van der Waals surface area contributed by atoms with Crippen LogP contribution < -0.4 is 5.73 Å². The normalized spacial score (nSPS) is 9.56. The molecule has 0 saturated heterocycles. The van der Waals surface area contributed by atoms with Crippen molar-refractivity contribution in [1.82, 2.24) is 0 Å². The van der Waals surface area contributed by atoms with Crippen molar-refractivity contribution in [1.29, 1.82) is 0 Å². The second-order valence-electron chi connectivity index (χ2n) is 2.67. The monoisotopic (exact) mass is 251 g/mol. The number of aliphatic carboxylic acids is 1. The van der Waals surface area contributed by atoms with Crippen molar-refractivity contribution in [3.8, 4) is 0 Å². The summed E-state index contributed by atoms with van der Waals surface area (Å²) in [4.78, 5) is 31.6. The lowest BCUT2D eigenvalue weighted by atomic mass is 10.2. The minimum Gasteiger partial charge on any atom is -0.478 e. The molecule has 92 valence electrons. The highest BCUT2D eigenvalue weighted by Crippen LogP contribution is 1.93. The first-order valence-electron chi connectivity index (χ1n) is 4.33. The molecule has 3 N–H and O–H groups in total. The summed E-state index contributed by atoms with van der Waals surface area (Å²) in [6.45, 7) is -0.200. The molecular weight excluding hydrogens is 238 g/mol. The highest BCUT2D eigenvalue weighted by Gasteiger charge is 2.05. The van der Waals surface area contributed by atoms with Gasteiger partial charge in [-0.15, -0.1) is 12.4 Å². The topological polar surface area (TPSA) is 107 Å². The highest BCUT2D eigenvalue weighted by atomic mass is 35.5. The number of nitrogens with two attached hydrogens (primary N) is 1. The van der Waals surface area contributed by atoms with E-state index >= 15 is 0 Å². The number of carbonyl (C=O) groups is 3. The van der Waals surface area contributed by atoms with Gasteiger partial charge in [0.25, 0.3) is 0 Å². The van der Waals surface area contributed by atoms with E-state index in [4.69, 9.17) is 10.8 Å². The van der Waals surface area contributed by atoms with Gasteiger partial charge in [-0.05, 0) is 6.08 Å². The molecular formula is C9H14ClNO5. The molecule has 0 aliphatic carbocycles. The van der Waals surface area contributed by atoms with E-state index in [1.807, 2.05) is 0 Å². The largest absolute Gasteiger partial charge is 0.478 e. The number of Topliss-reactive ketones (excluding diaryl/α,β-unsaturated/α-hetero) is 1. The average Bonchev–Trinajstić information content (AvgIpc) is 2.20. The molecule has 0 aliphatic heterocycles. The van der Waals surface area contributed by atoms with Crippen molar-refractivity contribution in [2.75, 3.05) is 13.2 Å². The molecule has 0 spiro atoms. The third kappa shape index (κ3) is 10.7. The number of ether oxygens (including phenoxy) is 1. The molecule has 0 heterocycles. The molecule has 0 rings (SSSR count). The van der Waals surface area contributed by atoms with Crippen molar-refractivity contribution >= 4 is 30.1 Å². The Kier molecular flexibility index (Phi) is 10.8. The Hall–Kier alpha value is -1.40. The van der Waals surface area contributed by atoms with Crippen LogP contribution in [0.3, 0.4) is 0 Å². The van der Waals surface area contributed by atoms with E-state index in [-0.39, 0.29) is 44.2 Å².